The molecular formula is C33H66O6. The number of carboxylic acid groups (broad SMARTS) is 1. The lowest BCUT2D eigenvalue weighted by Gasteiger charge is -2.09. The maximum Gasteiger partial charge on any atom is 0.330 e. The number of allylic oxidation sites excluding steroid dienone is 1. The molecule has 6 nitrogen and oxygen atoms in total. The van der Waals surface area contributed by atoms with Crippen molar-refractivity contribution in [3.63, 3.8) is 0 Å². The largest absolute Gasteiger partial charge is 0.478 e. The zero-order valence-electron chi connectivity index (χ0n) is 27.7. The number of carbonyl (C=O) groups excluding carboxylic acids is 4. The first-order chi connectivity index (χ1) is 17.0. The Morgan fingerprint density at radius 3 is 1.08 bits per heavy atom. The molecular weight excluding hydrogens is 492 g/mol. The highest BCUT2D eigenvalue weighted by Gasteiger charge is 2.10. The molecule has 0 aliphatic rings. The average molecular weight is 559 g/mol. The zero-order valence-corrected chi connectivity index (χ0v) is 27.7. The quantitative estimate of drug-likeness (QED) is 0.268. The zero-order chi connectivity index (χ0) is 31.8. The molecule has 0 amide bonds. The number of aliphatic carboxylic acids is 1. The molecule has 0 rings (SSSR count). The molecule has 0 spiro atoms. The normalized spacial score (nSPS) is 10.9. The molecule has 1 unspecified atom stereocenters. The highest BCUT2D eigenvalue weighted by Crippen LogP contribution is 2.09. The van der Waals surface area contributed by atoms with Crippen LogP contribution in [0.4, 0.5) is 0 Å². The van der Waals surface area contributed by atoms with Gasteiger partial charge in [-0.15, -0.1) is 0 Å². The number of Topliss-reactive ketones (excluding diaryl/α,β-unsaturated/α-hetero) is 4. The Balaban J connectivity index is -0.0000000872. The molecule has 0 aromatic heterocycles. The predicted octanol–water partition coefficient (Wildman–Crippen LogP) is 9.04. The highest BCUT2D eigenvalue weighted by molar-refractivity contribution is 5.85. The Hall–Kier alpha value is -2.11. The fourth-order valence-corrected chi connectivity index (χ4v) is 2.11. The minimum Gasteiger partial charge on any atom is -0.478 e. The maximum atomic E-state index is 10.6. The summed E-state index contributed by atoms with van der Waals surface area (Å²) in [5, 5.41) is 8.36. The second-order valence-electron chi connectivity index (χ2n) is 11.7. The summed E-state index contributed by atoms with van der Waals surface area (Å²) in [6.07, 6.45) is 4.23. The van der Waals surface area contributed by atoms with E-state index in [1.54, 1.807) is 40.7 Å². The van der Waals surface area contributed by atoms with E-state index in [2.05, 4.69) is 27.7 Å². The van der Waals surface area contributed by atoms with E-state index in [0.717, 1.165) is 19.3 Å². The summed E-state index contributed by atoms with van der Waals surface area (Å²) in [4.78, 5) is 51.5. The molecule has 0 aliphatic heterocycles. The van der Waals surface area contributed by atoms with Gasteiger partial charge in [0.2, 0.25) is 0 Å². The third-order valence-electron chi connectivity index (χ3n) is 5.14. The molecule has 0 fully saturated rings. The minimum atomic E-state index is -0.830. The van der Waals surface area contributed by atoms with Crippen LogP contribution in [-0.4, -0.2) is 34.2 Å². The number of carbonyl (C=O) groups is 5. The van der Waals surface area contributed by atoms with Crippen molar-refractivity contribution >= 4 is 29.1 Å². The Kier molecular flexibility index (Phi) is 38.9. The smallest absolute Gasteiger partial charge is 0.330 e. The van der Waals surface area contributed by atoms with Crippen LogP contribution in [0, 0.1) is 35.5 Å². The van der Waals surface area contributed by atoms with E-state index in [9.17, 15) is 24.0 Å². The Bertz CT molecular complexity index is 682. The lowest BCUT2D eigenvalue weighted by atomic mass is 9.95. The molecule has 0 saturated heterocycles. The van der Waals surface area contributed by atoms with Crippen LogP contribution in [0.15, 0.2) is 11.6 Å². The van der Waals surface area contributed by atoms with Gasteiger partial charge in [-0.25, -0.2) is 4.79 Å². The van der Waals surface area contributed by atoms with E-state index in [1.807, 2.05) is 48.5 Å². The van der Waals surface area contributed by atoms with Gasteiger partial charge in [-0.05, 0) is 64.7 Å². The van der Waals surface area contributed by atoms with Crippen LogP contribution < -0.4 is 0 Å². The van der Waals surface area contributed by atoms with Crippen molar-refractivity contribution in [2.45, 2.75) is 137 Å². The van der Waals surface area contributed by atoms with Crippen LogP contribution in [0.5, 0.6) is 0 Å². The summed E-state index contributed by atoms with van der Waals surface area (Å²) in [6, 6.07) is 0. The monoisotopic (exact) mass is 558 g/mol. The molecule has 6 heteroatoms. The van der Waals surface area contributed by atoms with Crippen molar-refractivity contribution in [1.82, 2.24) is 0 Å². The number of hydrogen-bond acceptors (Lipinski definition) is 5. The average Bonchev–Trinajstić information content (AvgIpc) is 2.71. The van der Waals surface area contributed by atoms with Gasteiger partial charge in [0, 0.05) is 30.3 Å². The molecule has 0 bridgehead atoms. The summed E-state index contributed by atoms with van der Waals surface area (Å²) in [7, 11) is 0. The highest BCUT2D eigenvalue weighted by atomic mass is 16.4. The standard InChI is InChI=1S/C7H12O2.2C7H14O.C6H12O.C5H10O.CH4/c1-5(2)4-6(3)7(8)9;1-6(2)4-5-7(3)8;1-5(2)6(3)7(4)8;1-5(2)4-6(3)7;1-4(2)5(3)6;/h4-5H,1-3H3,(H,8,9);6H,4-5H2,1-3H3;5-6H,1-4H3;5H,4H2,1-3H3;4H,1-3H3;1H4/b6-4-;;;;;. The molecule has 0 saturated carbocycles. The summed E-state index contributed by atoms with van der Waals surface area (Å²) < 4.78 is 0. The van der Waals surface area contributed by atoms with E-state index in [0.29, 0.717) is 40.8 Å². The fraction of sp³-hybridized carbons (Fsp3) is 0.788. The van der Waals surface area contributed by atoms with Gasteiger partial charge < -0.3 is 14.7 Å². The molecule has 39 heavy (non-hydrogen) atoms. The number of ketones is 4. The van der Waals surface area contributed by atoms with E-state index in [-0.39, 0.29) is 30.8 Å². The lowest BCUT2D eigenvalue weighted by Crippen LogP contribution is -2.12. The maximum absolute atomic E-state index is 10.6. The van der Waals surface area contributed by atoms with E-state index in [1.165, 1.54) is 0 Å². The van der Waals surface area contributed by atoms with Crippen LogP contribution in [0.3, 0.4) is 0 Å². The predicted molar refractivity (Wildman–Crippen MR) is 168 cm³/mol. The lowest BCUT2D eigenvalue weighted by molar-refractivity contribution is -0.132. The van der Waals surface area contributed by atoms with Crippen molar-refractivity contribution in [3.8, 4) is 0 Å². The van der Waals surface area contributed by atoms with E-state index in [4.69, 9.17) is 5.11 Å². The first-order valence-corrected chi connectivity index (χ1v) is 13.9. The molecule has 0 heterocycles. The number of hydrogen-bond donors (Lipinski definition) is 1. The molecule has 0 aromatic rings. The summed E-state index contributed by atoms with van der Waals surface area (Å²) in [5.41, 5.74) is 0.421. The van der Waals surface area contributed by atoms with Gasteiger partial charge in [-0.3, -0.25) is 9.59 Å². The van der Waals surface area contributed by atoms with Crippen LogP contribution in [0.25, 0.3) is 0 Å². The Labute approximate surface area is 242 Å². The second kappa shape index (κ2) is 30.4. The third kappa shape index (κ3) is 57.0. The SMILES string of the molecule is C.C/C(=C/C(C)C)C(=O)O.CC(=O)C(C)C.CC(=O)C(C)C(C)C.CC(=O)CC(C)C.CC(=O)CCC(C)C. The summed E-state index contributed by atoms with van der Waals surface area (Å²) >= 11 is 0. The molecule has 0 aromatic carbocycles. The fourth-order valence-electron chi connectivity index (χ4n) is 2.11. The van der Waals surface area contributed by atoms with Gasteiger partial charge in [0.25, 0.3) is 0 Å². The first-order valence-electron chi connectivity index (χ1n) is 13.9. The van der Waals surface area contributed by atoms with Crippen LogP contribution in [0.2, 0.25) is 0 Å². The molecule has 234 valence electrons. The van der Waals surface area contributed by atoms with Crippen molar-refractivity contribution in [1.29, 1.82) is 0 Å². The molecule has 1 atom stereocenters. The van der Waals surface area contributed by atoms with E-state index < -0.39 is 5.97 Å². The van der Waals surface area contributed by atoms with Gasteiger partial charge in [0.15, 0.2) is 0 Å². The molecule has 1 N–H and O–H groups in total. The van der Waals surface area contributed by atoms with Crippen molar-refractivity contribution in [2.24, 2.45) is 35.5 Å². The Morgan fingerprint density at radius 1 is 0.641 bits per heavy atom. The van der Waals surface area contributed by atoms with Gasteiger partial charge in [-0.1, -0.05) is 89.7 Å². The van der Waals surface area contributed by atoms with Gasteiger partial charge in [0.1, 0.15) is 23.1 Å². The van der Waals surface area contributed by atoms with Crippen LogP contribution in [0.1, 0.15) is 137 Å². The van der Waals surface area contributed by atoms with Gasteiger partial charge in [-0.2, -0.15) is 0 Å². The number of carboxylic acids is 1. The van der Waals surface area contributed by atoms with Crippen LogP contribution in [-0.2, 0) is 24.0 Å². The van der Waals surface area contributed by atoms with Gasteiger partial charge >= 0.3 is 5.97 Å². The van der Waals surface area contributed by atoms with Crippen molar-refractivity contribution < 1.29 is 29.1 Å². The Morgan fingerprint density at radius 2 is 1.03 bits per heavy atom. The number of rotatable bonds is 10. The van der Waals surface area contributed by atoms with Crippen molar-refractivity contribution in [3.05, 3.63) is 11.6 Å². The topological polar surface area (TPSA) is 106 Å². The van der Waals surface area contributed by atoms with E-state index >= 15 is 0 Å². The van der Waals surface area contributed by atoms with Gasteiger partial charge in [0.05, 0.1) is 0 Å². The second-order valence-corrected chi connectivity index (χ2v) is 11.7. The third-order valence-corrected chi connectivity index (χ3v) is 5.14. The first kappa shape index (κ1) is 49.8. The minimum absolute atomic E-state index is 0. The summed E-state index contributed by atoms with van der Waals surface area (Å²) in [6.45, 7) is 30.2. The molecule has 0 aliphatic carbocycles. The molecule has 0 radical (unpaired) electrons. The van der Waals surface area contributed by atoms with Crippen LogP contribution >= 0.6 is 0 Å². The van der Waals surface area contributed by atoms with Crippen molar-refractivity contribution in [2.75, 3.05) is 0 Å². The summed E-state index contributed by atoms with van der Waals surface area (Å²) in [5.74, 6) is 2.76.